The third-order valence-electron chi connectivity index (χ3n) is 3.49. The van der Waals surface area contributed by atoms with Crippen molar-refractivity contribution in [3.8, 4) is 5.75 Å². The van der Waals surface area contributed by atoms with E-state index in [1.165, 1.54) is 0 Å². The molecular weight excluding hydrogens is 280 g/mol. The summed E-state index contributed by atoms with van der Waals surface area (Å²) in [5, 5.41) is 10.6. The number of Topliss-reactive ketones (excluding diaryl/α,β-unsaturated/α-hetero) is 1. The Morgan fingerprint density at radius 1 is 1.05 bits per heavy atom. The van der Waals surface area contributed by atoms with Crippen LogP contribution in [0.15, 0.2) is 12.1 Å². The van der Waals surface area contributed by atoms with Gasteiger partial charge in [-0.15, -0.1) is 0 Å². The number of carbonyl (C=O) groups is 1. The molecule has 0 fully saturated rings. The summed E-state index contributed by atoms with van der Waals surface area (Å²) in [7, 11) is 0. The van der Waals surface area contributed by atoms with Crippen LogP contribution in [0, 0.1) is 0 Å². The number of phenolic OH excluding ortho intramolecular Hbond substituents is 1. The molecule has 0 heterocycles. The molecule has 21 heavy (non-hydrogen) atoms. The average Bonchev–Trinajstić information content (AvgIpc) is 2.33. The Bertz CT molecular complexity index is 484. The van der Waals surface area contributed by atoms with Gasteiger partial charge in [-0.05, 0) is 28.7 Å². The van der Waals surface area contributed by atoms with Crippen LogP contribution < -0.4 is 0 Å². The second kappa shape index (κ2) is 6.43. The molecule has 0 spiro atoms. The van der Waals surface area contributed by atoms with E-state index >= 15 is 0 Å². The van der Waals surface area contributed by atoms with Crippen molar-refractivity contribution < 1.29 is 9.90 Å². The molecule has 0 atom stereocenters. The van der Waals surface area contributed by atoms with Crippen LogP contribution >= 0.6 is 11.8 Å². The van der Waals surface area contributed by atoms with Crippen molar-refractivity contribution in [3.05, 3.63) is 28.8 Å². The maximum atomic E-state index is 12.4. The van der Waals surface area contributed by atoms with E-state index in [9.17, 15) is 9.90 Å². The third kappa shape index (κ3) is 4.50. The summed E-state index contributed by atoms with van der Waals surface area (Å²) in [6, 6.07) is 3.73. The molecule has 2 nitrogen and oxygen atoms in total. The molecule has 0 aromatic heterocycles. The molecular formula is C18H28O2S. The molecule has 0 aliphatic rings. The molecule has 0 unspecified atom stereocenters. The van der Waals surface area contributed by atoms with Crippen molar-refractivity contribution in [3.63, 3.8) is 0 Å². The predicted octanol–water partition coefficient (Wildman–Crippen LogP) is 4.92. The fourth-order valence-electron chi connectivity index (χ4n) is 2.22. The van der Waals surface area contributed by atoms with Crippen molar-refractivity contribution in [1.82, 2.24) is 0 Å². The van der Waals surface area contributed by atoms with Crippen LogP contribution in [0.25, 0.3) is 0 Å². The van der Waals surface area contributed by atoms with E-state index in [-0.39, 0.29) is 16.6 Å². The van der Waals surface area contributed by atoms with Gasteiger partial charge in [-0.2, -0.15) is 11.8 Å². The van der Waals surface area contributed by atoms with Gasteiger partial charge in [-0.3, -0.25) is 4.79 Å². The number of phenols is 1. The number of carbonyl (C=O) groups excluding carboxylic acids is 1. The molecule has 0 saturated heterocycles. The van der Waals surface area contributed by atoms with Crippen LogP contribution in [0.2, 0.25) is 0 Å². The molecule has 0 radical (unpaired) electrons. The summed E-state index contributed by atoms with van der Waals surface area (Å²) in [6.45, 7) is 14.4. The van der Waals surface area contributed by atoms with Gasteiger partial charge in [-0.1, -0.05) is 48.5 Å². The maximum absolute atomic E-state index is 12.4. The van der Waals surface area contributed by atoms with Crippen molar-refractivity contribution in [1.29, 1.82) is 0 Å². The van der Waals surface area contributed by atoms with E-state index in [2.05, 4.69) is 48.5 Å². The Labute approximate surface area is 133 Å². The standard InChI is InChI=1S/C18H28O2S/c1-8-21-11-15(19)12-9-13(17(2,3)4)16(20)14(10-12)18(5,6)7/h9-10,20H,8,11H2,1-7H3. The first kappa shape index (κ1) is 18.1. The summed E-state index contributed by atoms with van der Waals surface area (Å²) in [5.41, 5.74) is 2.01. The van der Waals surface area contributed by atoms with E-state index in [4.69, 9.17) is 0 Å². The Hall–Kier alpha value is -0.960. The first-order valence-corrected chi connectivity index (χ1v) is 8.63. The van der Waals surface area contributed by atoms with Gasteiger partial charge in [0.25, 0.3) is 0 Å². The molecule has 118 valence electrons. The van der Waals surface area contributed by atoms with Crippen LogP contribution in [0.1, 0.15) is 70.0 Å². The number of hydrogen-bond donors (Lipinski definition) is 1. The van der Waals surface area contributed by atoms with Crippen molar-refractivity contribution in [2.24, 2.45) is 0 Å². The summed E-state index contributed by atoms with van der Waals surface area (Å²) in [6.07, 6.45) is 0. The molecule has 0 aliphatic carbocycles. The van der Waals surface area contributed by atoms with Crippen LogP contribution in [0.5, 0.6) is 5.75 Å². The van der Waals surface area contributed by atoms with Crippen molar-refractivity contribution in [2.45, 2.75) is 59.3 Å². The minimum Gasteiger partial charge on any atom is -0.507 e. The molecule has 0 amide bonds. The van der Waals surface area contributed by atoms with Crippen molar-refractivity contribution in [2.75, 3.05) is 11.5 Å². The monoisotopic (exact) mass is 308 g/mol. The fourth-order valence-corrected chi connectivity index (χ4v) is 2.77. The molecule has 0 saturated carbocycles. The number of benzene rings is 1. The lowest BCUT2D eigenvalue weighted by Gasteiger charge is -2.28. The number of rotatable bonds is 4. The van der Waals surface area contributed by atoms with Gasteiger partial charge in [0.15, 0.2) is 5.78 Å². The molecule has 1 N–H and O–H groups in total. The van der Waals surface area contributed by atoms with Gasteiger partial charge in [0, 0.05) is 16.7 Å². The zero-order chi connectivity index (χ0) is 16.4. The van der Waals surface area contributed by atoms with Gasteiger partial charge in [0.2, 0.25) is 0 Å². The molecule has 0 bridgehead atoms. The minimum atomic E-state index is -0.196. The largest absolute Gasteiger partial charge is 0.507 e. The minimum absolute atomic E-state index is 0.137. The molecule has 1 aromatic carbocycles. The number of ketones is 1. The van der Waals surface area contributed by atoms with Gasteiger partial charge < -0.3 is 5.11 Å². The normalized spacial score (nSPS) is 12.5. The lowest BCUT2D eigenvalue weighted by molar-refractivity contribution is 0.102. The third-order valence-corrected chi connectivity index (χ3v) is 4.36. The Balaban J connectivity index is 3.44. The van der Waals surface area contributed by atoms with E-state index in [0.717, 1.165) is 16.9 Å². The van der Waals surface area contributed by atoms with E-state index < -0.39 is 0 Å². The van der Waals surface area contributed by atoms with Crippen molar-refractivity contribution >= 4 is 17.5 Å². The molecule has 1 aromatic rings. The highest BCUT2D eigenvalue weighted by Gasteiger charge is 2.27. The lowest BCUT2D eigenvalue weighted by atomic mass is 9.78. The van der Waals surface area contributed by atoms with Crippen LogP contribution in [-0.2, 0) is 10.8 Å². The average molecular weight is 308 g/mol. The highest BCUT2D eigenvalue weighted by molar-refractivity contribution is 7.99. The first-order valence-electron chi connectivity index (χ1n) is 7.47. The zero-order valence-electron chi connectivity index (χ0n) is 14.3. The topological polar surface area (TPSA) is 37.3 Å². The highest BCUT2D eigenvalue weighted by Crippen LogP contribution is 2.39. The van der Waals surface area contributed by atoms with Crippen LogP contribution in [0.4, 0.5) is 0 Å². The number of hydrogen-bond acceptors (Lipinski definition) is 3. The summed E-state index contributed by atoms with van der Waals surface area (Å²) >= 11 is 1.63. The smallest absolute Gasteiger partial charge is 0.172 e. The predicted molar refractivity (Wildman–Crippen MR) is 92.8 cm³/mol. The molecule has 0 aliphatic heterocycles. The Kier molecular flexibility index (Phi) is 5.54. The van der Waals surface area contributed by atoms with E-state index in [0.29, 0.717) is 17.1 Å². The first-order chi connectivity index (χ1) is 9.48. The number of aromatic hydroxyl groups is 1. The Morgan fingerprint density at radius 3 is 1.81 bits per heavy atom. The van der Waals surface area contributed by atoms with Crippen LogP contribution in [0.3, 0.4) is 0 Å². The van der Waals surface area contributed by atoms with E-state index in [1.54, 1.807) is 11.8 Å². The summed E-state index contributed by atoms with van der Waals surface area (Å²) < 4.78 is 0. The van der Waals surface area contributed by atoms with Gasteiger partial charge >= 0.3 is 0 Å². The second-order valence-corrected chi connectivity index (χ2v) is 8.75. The van der Waals surface area contributed by atoms with Gasteiger partial charge in [0.1, 0.15) is 5.75 Å². The zero-order valence-corrected chi connectivity index (χ0v) is 15.1. The van der Waals surface area contributed by atoms with Gasteiger partial charge in [-0.25, -0.2) is 0 Å². The summed E-state index contributed by atoms with van der Waals surface area (Å²) in [5.74, 6) is 1.89. The second-order valence-electron chi connectivity index (χ2n) is 7.48. The Morgan fingerprint density at radius 2 is 1.48 bits per heavy atom. The lowest BCUT2D eigenvalue weighted by Crippen LogP contribution is -2.19. The highest BCUT2D eigenvalue weighted by atomic mass is 32.2. The van der Waals surface area contributed by atoms with Crippen LogP contribution in [-0.4, -0.2) is 22.4 Å². The SMILES string of the molecule is CCSCC(=O)c1cc(C(C)(C)C)c(O)c(C(C)(C)C)c1. The quantitative estimate of drug-likeness (QED) is 0.802. The fraction of sp³-hybridized carbons (Fsp3) is 0.611. The molecule has 1 rings (SSSR count). The summed E-state index contributed by atoms with van der Waals surface area (Å²) in [4.78, 5) is 12.4. The van der Waals surface area contributed by atoms with Gasteiger partial charge in [0.05, 0.1) is 5.75 Å². The molecule has 3 heteroatoms. The maximum Gasteiger partial charge on any atom is 0.172 e. The number of thioether (sulfide) groups is 1. The van der Waals surface area contributed by atoms with E-state index in [1.807, 2.05) is 12.1 Å².